The first-order chi connectivity index (χ1) is 8.84. The van der Waals surface area contributed by atoms with Gasteiger partial charge in [0.05, 0.1) is 12.6 Å². The highest BCUT2D eigenvalue weighted by molar-refractivity contribution is 7.71. The molecule has 1 saturated heterocycles. The first-order valence-corrected chi connectivity index (χ1v) is 6.57. The van der Waals surface area contributed by atoms with Crippen LogP contribution in [0.1, 0.15) is 12.8 Å². The van der Waals surface area contributed by atoms with E-state index in [-0.39, 0.29) is 6.10 Å². The predicted molar refractivity (Wildman–Crippen MR) is 71.8 cm³/mol. The molecule has 0 bridgehead atoms. The molecule has 5 heteroatoms. The molecule has 1 fully saturated rings. The van der Waals surface area contributed by atoms with E-state index in [9.17, 15) is 0 Å². The van der Waals surface area contributed by atoms with E-state index >= 15 is 0 Å². The minimum atomic E-state index is 0.261. The number of aromatic amines is 1. The van der Waals surface area contributed by atoms with Crippen molar-refractivity contribution in [1.29, 1.82) is 0 Å². The molecule has 1 aliphatic heterocycles. The van der Waals surface area contributed by atoms with Gasteiger partial charge in [0.15, 0.2) is 10.6 Å². The SMILES string of the molecule is S=c1[nH]nc(-c2ccccc2)n1C[C@@H]1CCCO1. The van der Waals surface area contributed by atoms with E-state index in [0.29, 0.717) is 4.77 Å². The Morgan fingerprint density at radius 3 is 2.94 bits per heavy atom. The fraction of sp³-hybridized carbons (Fsp3) is 0.385. The molecule has 4 nitrogen and oxygen atoms in total. The highest BCUT2D eigenvalue weighted by Crippen LogP contribution is 2.20. The molecule has 0 aliphatic carbocycles. The van der Waals surface area contributed by atoms with Crippen LogP contribution in [-0.4, -0.2) is 27.5 Å². The molecule has 94 valence electrons. The average Bonchev–Trinajstić information content (AvgIpc) is 3.03. The predicted octanol–water partition coefficient (Wildman–Crippen LogP) is 2.79. The van der Waals surface area contributed by atoms with Crippen molar-refractivity contribution < 1.29 is 4.74 Å². The lowest BCUT2D eigenvalue weighted by molar-refractivity contribution is 0.0970. The summed E-state index contributed by atoms with van der Waals surface area (Å²) in [5.74, 6) is 0.885. The summed E-state index contributed by atoms with van der Waals surface area (Å²) >= 11 is 5.30. The maximum atomic E-state index is 5.66. The van der Waals surface area contributed by atoms with Crippen molar-refractivity contribution in [3.8, 4) is 11.4 Å². The molecular weight excluding hydrogens is 246 g/mol. The Morgan fingerprint density at radius 2 is 2.22 bits per heavy atom. The van der Waals surface area contributed by atoms with Gasteiger partial charge in [-0.15, -0.1) is 0 Å². The zero-order valence-corrected chi connectivity index (χ0v) is 10.8. The van der Waals surface area contributed by atoms with Gasteiger partial charge in [0.2, 0.25) is 0 Å². The van der Waals surface area contributed by atoms with Crippen LogP contribution < -0.4 is 0 Å². The third-order valence-electron chi connectivity index (χ3n) is 3.20. The van der Waals surface area contributed by atoms with Crippen LogP contribution >= 0.6 is 12.2 Å². The average molecular weight is 261 g/mol. The van der Waals surface area contributed by atoms with E-state index < -0.39 is 0 Å². The number of H-pyrrole nitrogens is 1. The van der Waals surface area contributed by atoms with Crippen LogP contribution in [0.15, 0.2) is 30.3 Å². The van der Waals surface area contributed by atoms with Crippen molar-refractivity contribution in [2.75, 3.05) is 6.61 Å². The standard InChI is InChI=1S/C13H15N3OS/c18-13-15-14-12(10-5-2-1-3-6-10)16(13)9-11-7-4-8-17-11/h1-3,5-6,11H,4,7-9H2,(H,15,18)/t11-/m0/s1. The molecule has 0 unspecified atom stereocenters. The first-order valence-electron chi connectivity index (χ1n) is 6.17. The van der Waals surface area contributed by atoms with Crippen molar-refractivity contribution in [3.63, 3.8) is 0 Å². The fourth-order valence-corrected chi connectivity index (χ4v) is 2.49. The summed E-state index contributed by atoms with van der Waals surface area (Å²) in [6.45, 7) is 1.63. The zero-order chi connectivity index (χ0) is 12.4. The van der Waals surface area contributed by atoms with Crippen LogP contribution in [0.5, 0.6) is 0 Å². The molecule has 1 aromatic heterocycles. The van der Waals surface area contributed by atoms with Gasteiger partial charge in [0, 0.05) is 12.2 Å². The number of hydrogen-bond acceptors (Lipinski definition) is 3. The summed E-state index contributed by atoms with van der Waals surface area (Å²) in [7, 11) is 0. The van der Waals surface area contributed by atoms with Gasteiger partial charge >= 0.3 is 0 Å². The van der Waals surface area contributed by atoms with E-state index in [2.05, 4.69) is 10.2 Å². The lowest BCUT2D eigenvalue weighted by atomic mass is 10.2. The van der Waals surface area contributed by atoms with E-state index in [1.807, 2.05) is 34.9 Å². The van der Waals surface area contributed by atoms with Gasteiger partial charge in [-0.1, -0.05) is 30.3 Å². The van der Waals surface area contributed by atoms with Crippen LogP contribution in [0.3, 0.4) is 0 Å². The van der Waals surface area contributed by atoms with Crippen molar-refractivity contribution >= 4 is 12.2 Å². The van der Waals surface area contributed by atoms with Gasteiger partial charge in [-0.3, -0.25) is 9.67 Å². The molecule has 0 radical (unpaired) electrons. The Bertz CT molecular complexity index is 569. The molecule has 0 saturated carbocycles. The summed E-state index contributed by atoms with van der Waals surface area (Å²) in [5.41, 5.74) is 1.07. The van der Waals surface area contributed by atoms with E-state index in [1.165, 1.54) is 0 Å². The lowest BCUT2D eigenvalue weighted by Crippen LogP contribution is -2.15. The van der Waals surface area contributed by atoms with E-state index in [1.54, 1.807) is 0 Å². The Labute approximate surface area is 111 Å². The molecule has 18 heavy (non-hydrogen) atoms. The third kappa shape index (κ3) is 2.23. The third-order valence-corrected chi connectivity index (χ3v) is 3.51. The smallest absolute Gasteiger partial charge is 0.195 e. The normalized spacial score (nSPS) is 19.2. The van der Waals surface area contributed by atoms with Crippen LogP contribution in [-0.2, 0) is 11.3 Å². The second kappa shape index (κ2) is 5.04. The monoisotopic (exact) mass is 261 g/mol. The van der Waals surface area contributed by atoms with Gasteiger partial charge in [-0.2, -0.15) is 5.10 Å². The number of nitrogens with one attached hydrogen (secondary N) is 1. The highest BCUT2D eigenvalue weighted by Gasteiger charge is 2.18. The number of aromatic nitrogens is 3. The van der Waals surface area contributed by atoms with Gasteiger partial charge < -0.3 is 4.74 Å². The topological polar surface area (TPSA) is 42.8 Å². The van der Waals surface area contributed by atoms with Crippen molar-refractivity contribution in [2.45, 2.75) is 25.5 Å². The summed E-state index contributed by atoms with van der Waals surface area (Å²) < 4.78 is 8.35. The van der Waals surface area contributed by atoms with Crippen molar-refractivity contribution in [2.24, 2.45) is 0 Å². The summed E-state index contributed by atoms with van der Waals surface area (Å²) in [6, 6.07) is 10.1. The molecule has 1 atom stereocenters. The molecule has 1 aromatic carbocycles. The molecule has 2 heterocycles. The number of benzene rings is 1. The van der Waals surface area contributed by atoms with E-state index in [4.69, 9.17) is 17.0 Å². The molecule has 0 spiro atoms. The Hall–Kier alpha value is -1.46. The largest absolute Gasteiger partial charge is 0.376 e. The highest BCUT2D eigenvalue weighted by atomic mass is 32.1. The summed E-state index contributed by atoms with van der Waals surface area (Å²) in [6.07, 6.45) is 2.49. The Balaban J connectivity index is 1.93. The van der Waals surface area contributed by atoms with Gasteiger partial charge in [0.1, 0.15) is 0 Å². The maximum absolute atomic E-state index is 5.66. The number of hydrogen-bond donors (Lipinski definition) is 1. The van der Waals surface area contributed by atoms with Crippen LogP contribution in [0, 0.1) is 4.77 Å². The molecule has 0 amide bonds. The Kier molecular flexibility index (Phi) is 3.25. The van der Waals surface area contributed by atoms with Crippen molar-refractivity contribution in [1.82, 2.24) is 14.8 Å². The molecule has 2 aromatic rings. The second-order valence-electron chi connectivity index (χ2n) is 4.46. The fourth-order valence-electron chi connectivity index (χ4n) is 2.29. The zero-order valence-electron chi connectivity index (χ0n) is 10.0. The molecular formula is C13H15N3OS. The first kappa shape index (κ1) is 11.6. The molecule has 3 rings (SSSR count). The Morgan fingerprint density at radius 1 is 1.39 bits per heavy atom. The van der Waals surface area contributed by atoms with Crippen LogP contribution in [0.4, 0.5) is 0 Å². The van der Waals surface area contributed by atoms with E-state index in [0.717, 1.165) is 37.4 Å². The number of ether oxygens (including phenoxy) is 1. The summed E-state index contributed by atoms with van der Waals surface area (Å²) in [5, 5.41) is 7.19. The van der Waals surface area contributed by atoms with Crippen molar-refractivity contribution in [3.05, 3.63) is 35.1 Å². The molecule has 1 N–H and O–H groups in total. The molecule has 1 aliphatic rings. The number of rotatable bonds is 3. The minimum absolute atomic E-state index is 0.261. The van der Waals surface area contributed by atoms with Gasteiger partial charge in [0.25, 0.3) is 0 Å². The second-order valence-corrected chi connectivity index (χ2v) is 4.85. The maximum Gasteiger partial charge on any atom is 0.195 e. The number of nitrogens with zero attached hydrogens (tertiary/aromatic N) is 2. The quantitative estimate of drug-likeness (QED) is 0.864. The van der Waals surface area contributed by atoms with Gasteiger partial charge in [-0.05, 0) is 25.1 Å². The van der Waals surface area contributed by atoms with Crippen LogP contribution in [0.2, 0.25) is 0 Å². The van der Waals surface area contributed by atoms with Crippen LogP contribution in [0.25, 0.3) is 11.4 Å². The minimum Gasteiger partial charge on any atom is -0.376 e. The lowest BCUT2D eigenvalue weighted by Gasteiger charge is -2.12. The summed E-state index contributed by atoms with van der Waals surface area (Å²) in [4.78, 5) is 0. The van der Waals surface area contributed by atoms with Gasteiger partial charge in [-0.25, -0.2) is 0 Å².